The van der Waals surface area contributed by atoms with E-state index in [1.165, 1.54) is 6.07 Å². The highest BCUT2D eigenvalue weighted by molar-refractivity contribution is 7.89. The Hall–Kier alpha value is -1.11. The Morgan fingerprint density at radius 2 is 1.95 bits per heavy atom. The zero-order chi connectivity index (χ0) is 14.2. The second kappa shape index (κ2) is 5.11. The quantitative estimate of drug-likeness (QED) is 0.818. The maximum atomic E-state index is 12.3. The van der Waals surface area contributed by atoms with E-state index in [0.29, 0.717) is 5.69 Å². The Labute approximate surface area is 114 Å². The molecule has 19 heavy (non-hydrogen) atoms. The van der Waals surface area contributed by atoms with E-state index in [2.05, 4.69) is 4.72 Å². The minimum atomic E-state index is -3.51. The lowest BCUT2D eigenvalue weighted by molar-refractivity contribution is 0.0236. The molecule has 1 aromatic rings. The fourth-order valence-electron chi connectivity index (χ4n) is 2.27. The molecular weight excluding hydrogens is 264 g/mol. The van der Waals surface area contributed by atoms with Crippen LogP contribution in [-0.2, 0) is 14.8 Å². The first-order chi connectivity index (χ1) is 8.83. The number of hydrogen-bond donors (Lipinski definition) is 2. The highest BCUT2D eigenvalue weighted by atomic mass is 32.2. The van der Waals surface area contributed by atoms with Crippen molar-refractivity contribution in [3.63, 3.8) is 0 Å². The number of ether oxygens (including phenoxy) is 1. The van der Waals surface area contributed by atoms with Gasteiger partial charge in [0.25, 0.3) is 0 Å². The molecule has 1 aromatic carbocycles. The number of hydrogen-bond acceptors (Lipinski definition) is 4. The van der Waals surface area contributed by atoms with Gasteiger partial charge < -0.3 is 10.5 Å². The normalized spacial score (nSPS) is 23.1. The van der Waals surface area contributed by atoms with E-state index in [1.807, 2.05) is 6.92 Å². The first-order valence-corrected chi connectivity index (χ1v) is 7.73. The van der Waals surface area contributed by atoms with Crippen molar-refractivity contribution < 1.29 is 13.2 Å². The lowest BCUT2D eigenvalue weighted by atomic mass is 9.90. The van der Waals surface area contributed by atoms with Gasteiger partial charge in [0, 0.05) is 18.8 Å². The van der Waals surface area contributed by atoms with Gasteiger partial charge in [0.2, 0.25) is 10.0 Å². The van der Waals surface area contributed by atoms with E-state index in [4.69, 9.17) is 10.5 Å². The van der Waals surface area contributed by atoms with Crippen LogP contribution in [-0.4, -0.2) is 27.7 Å². The van der Waals surface area contributed by atoms with Crippen molar-refractivity contribution in [3.05, 3.63) is 23.3 Å². The number of benzene rings is 1. The van der Waals surface area contributed by atoms with Crippen molar-refractivity contribution in [1.29, 1.82) is 0 Å². The first-order valence-electron chi connectivity index (χ1n) is 6.25. The molecular formula is C13H20N2O3S. The first kappa shape index (κ1) is 14.3. The number of nitrogens with two attached hydrogens (primary N) is 1. The molecule has 2 rings (SSSR count). The molecule has 0 aromatic heterocycles. The van der Waals surface area contributed by atoms with Gasteiger partial charge in [0.1, 0.15) is 0 Å². The SMILES string of the molecule is COC1CC(NS(=O)(=O)c2cc(N)cc(C)c2C)C1. The standard InChI is InChI=1S/C13H20N2O3S/c1-8-4-10(14)5-13(9(8)2)19(16,17)15-11-6-12(7-11)18-3/h4-5,11-12,15H,6-7,14H2,1-3H3. The predicted octanol–water partition coefficient (Wildman–Crippen LogP) is 1.34. The van der Waals surface area contributed by atoms with Gasteiger partial charge in [-0.2, -0.15) is 0 Å². The summed E-state index contributed by atoms with van der Waals surface area (Å²) in [6, 6.07) is 3.24. The summed E-state index contributed by atoms with van der Waals surface area (Å²) in [5.41, 5.74) is 7.82. The van der Waals surface area contributed by atoms with Gasteiger partial charge in [-0.15, -0.1) is 0 Å². The number of aryl methyl sites for hydroxylation is 1. The summed E-state index contributed by atoms with van der Waals surface area (Å²) < 4.78 is 32.5. The van der Waals surface area contributed by atoms with Gasteiger partial charge in [-0.3, -0.25) is 0 Å². The maximum absolute atomic E-state index is 12.3. The summed E-state index contributed by atoms with van der Waals surface area (Å²) in [4.78, 5) is 0.269. The number of anilines is 1. The Bertz CT molecular complexity index is 578. The van der Waals surface area contributed by atoms with Gasteiger partial charge in [0.05, 0.1) is 11.0 Å². The predicted molar refractivity (Wildman–Crippen MR) is 74.5 cm³/mol. The zero-order valence-corrected chi connectivity index (χ0v) is 12.3. The molecule has 3 N–H and O–H groups in total. The van der Waals surface area contributed by atoms with Crippen molar-refractivity contribution in [2.45, 2.75) is 43.7 Å². The van der Waals surface area contributed by atoms with Gasteiger partial charge in [-0.25, -0.2) is 13.1 Å². The van der Waals surface area contributed by atoms with Crippen molar-refractivity contribution in [3.8, 4) is 0 Å². The molecule has 106 valence electrons. The maximum Gasteiger partial charge on any atom is 0.241 e. The van der Waals surface area contributed by atoms with Crippen LogP contribution in [0.3, 0.4) is 0 Å². The summed E-state index contributed by atoms with van der Waals surface area (Å²) in [6.45, 7) is 3.65. The summed E-state index contributed by atoms with van der Waals surface area (Å²) in [6.07, 6.45) is 1.60. The minimum absolute atomic E-state index is 0.0453. The van der Waals surface area contributed by atoms with Crippen LogP contribution in [0.2, 0.25) is 0 Å². The summed E-state index contributed by atoms with van der Waals surface area (Å²) in [5.74, 6) is 0. The van der Waals surface area contributed by atoms with Gasteiger partial charge in [-0.1, -0.05) is 0 Å². The molecule has 0 unspecified atom stereocenters. The summed E-state index contributed by atoms with van der Waals surface area (Å²) in [5, 5.41) is 0. The smallest absolute Gasteiger partial charge is 0.241 e. The Balaban J connectivity index is 2.21. The van der Waals surface area contributed by atoms with Crippen LogP contribution in [0.15, 0.2) is 17.0 Å². The van der Waals surface area contributed by atoms with E-state index >= 15 is 0 Å². The molecule has 0 amide bonds. The third-order valence-corrected chi connectivity index (χ3v) is 5.33. The van der Waals surface area contributed by atoms with Crippen molar-refractivity contribution >= 4 is 15.7 Å². The molecule has 5 nitrogen and oxygen atoms in total. The monoisotopic (exact) mass is 284 g/mol. The summed E-state index contributed by atoms with van der Waals surface area (Å²) in [7, 11) is -1.87. The fourth-order valence-corrected chi connectivity index (χ4v) is 3.88. The number of sulfonamides is 1. The van der Waals surface area contributed by atoms with Crippen LogP contribution >= 0.6 is 0 Å². The molecule has 0 heterocycles. The van der Waals surface area contributed by atoms with Crippen LogP contribution in [0.25, 0.3) is 0 Å². The molecule has 0 aliphatic heterocycles. The lowest BCUT2D eigenvalue weighted by Gasteiger charge is -2.34. The fraction of sp³-hybridized carbons (Fsp3) is 0.538. The Morgan fingerprint density at radius 3 is 2.53 bits per heavy atom. The van der Waals surface area contributed by atoms with Crippen molar-refractivity contribution in [2.24, 2.45) is 0 Å². The second-order valence-electron chi connectivity index (χ2n) is 5.11. The van der Waals surface area contributed by atoms with E-state index in [1.54, 1.807) is 20.1 Å². The average molecular weight is 284 g/mol. The molecule has 0 bridgehead atoms. The molecule has 1 aliphatic carbocycles. The van der Waals surface area contributed by atoms with E-state index in [9.17, 15) is 8.42 Å². The number of methoxy groups -OCH3 is 1. The molecule has 0 radical (unpaired) electrons. The van der Waals surface area contributed by atoms with Gasteiger partial charge in [0.15, 0.2) is 0 Å². The molecule has 0 spiro atoms. The van der Waals surface area contributed by atoms with E-state index in [0.717, 1.165) is 24.0 Å². The minimum Gasteiger partial charge on any atom is -0.399 e. The lowest BCUT2D eigenvalue weighted by Crippen LogP contribution is -2.47. The highest BCUT2D eigenvalue weighted by Gasteiger charge is 2.33. The van der Waals surface area contributed by atoms with Crippen LogP contribution in [0.1, 0.15) is 24.0 Å². The molecule has 1 fully saturated rings. The molecule has 0 atom stereocenters. The Morgan fingerprint density at radius 1 is 1.32 bits per heavy atom. The van der Waals surface area contributed by atoms with Gasteiger partial charge in [-0.05, 0) is 49.9 Å². The third kappa shape index (κ3) is 2.91. The van der Waals surface area contributed by atoms with E-state index in [-0.39, 0.29) is 17.0 Å². The van der Waals surface area contributed by atoms with Gasteiger partial charge >= 0.3 is 0 Å². The largest absolute Gasteiger partial charge is 0.399 e. The van der Waals surface area contributed by atoms with Crippen molar-refractivity contribution in [1.82, 2.24) is 4.72 Å². The topological polar surface area (TPSA) is 81.4 Å². The molecule has 0 saturated heterocycles. The van der Waals surface area contributed by atoms with Crippen molar-refractivity contribution in [2.75, 3.05) is 12.8 Å². The number of nitrogen functional groups attached to an aromatic ring is 1. The van der Waals surface area contributed by atoms with Crippen LogP contribution in [0.4, 0.5) is 5.69 Å². The van der Waals surface area contributed by atoms with Crippen LogP contribution in [0.5, 0.6) is 0 Å². The zero-order valence-electron chi connectivity index (χ0n) is 11.4. The number of nitrogens with one attached hydrogen (secondary N) is 1. The Kier molecular flexibility index (Phi) is 3.85. The second-order valence-corrected chi connectivity index (χ2v) is 6.79. The molecule has 1 aliphatic rings. The summed E-state index contributed by atoms with van der Waals surface area (Å²) >= 11 is 0. The number of rotatable bonds is 4. The average Bonchev–Trinajstić information content (AvgIpc) is 2.27. The van der Waals surface area contributed by atoms with Crippen LogP contribution < -0.4 is 10.5 Å². The highest BCUT2D eigenvalue weighted by Crippen LogP contribution is 2.27. The van der Waals surface area contributed by atoms with Crippen LogP contribution in [0, 0.1) is 13.8 Å². The third-order valence-electron chi connectivity index (χ3n) is 3.68. The molecule has 6 heteroatoms. The van der Waals surface area contributed by atoms with E-state index < -0.39 is 10.0 Å². The molecule has 1 saturated carbocycles.